The predicted octanol–water partition coefficient (Wildman–Crippen LogP) is 3.13. The molecule has 2 heterocycles. The van der Waals surface area contributed by atoms with Gasteiger partial charge in [0.2, 0.25) is 11.9 Å². The maximum atomic E-state index is 12.5. The number of benzene rings is 2. The molecular formula is C19H16ClN5O3. The highest BCUT2D eigenvalue weighted by Crippen LogP contribution is 2.30. The number of amides is 2. The number of fused-ring (bicyclic) bond motifs is 1. The Morgan fingerprint density at radius 1 is 1.29 bits per heavy atom. The zero-order valence-electron chi connectivity index (χ0n) is 14.8. The molecule has 0 spiro atoms. The van der Waals surface area contributed by atoms with Crippen LogP contribution in [-0.4, -0.2) is 33.7 Å². The number of rotatable bonds is 5. The molecule has 2 aromatic carbocycles. The zero-order chi connectivity index (χ0) is 19.7. The van der Waals surface area contributed by atoms with E-state index in [1.165, 1.54) is 11.8 Å². The molecule has 1 aromatic heterocycles. The van der Waals surface area contributed by atoms with Crippen LogP contribution in [-0.2, 0) is 9.59 Å². The minimum absolute atomic E-state index is 0.105. The van der Waals surface area contributed by atoms with E-state index < -0.39 is 6.04 Å². The number of carbonyl (C=O) groups is 2. The van der Waals surface area contributed by atoms with E-state index in [2.05, 4.69) is 20.7 Å². The number of halogens is 1. The number of carbonyl (C=O) groups excluding carboxylic acids is 2. The van der Waals surface area contributed by atoms with Crippen LogP contribution in [0.2, 0.25) is 5.02 Å². The van der Waals surface area contributed by atoms with Gasteiger partial charge >= 0.3 is 0 Å². The van der Waals surface area contributed by atoms with Gasteiger partial charge in [-0.05, 0) is 18.2 Å². The summed E-state index contributed by atoms with van der Waals surface area (Å²) < 4.78 is 6.66. The second kappa shape index (κ2) is 7.32. The van der Waals surface area contributed by atoms with Gasteiger partial charge in [-0.2, -0.15) is 4.98 Å². The number of nitrogens with one attached hydrogen (secondary N) is 2. The third-order valence-corrected chi connectivity index (χ3v) is 4.55. The highest BCUT2D eigenvalue weighted by Gasteiger charge is 2.35. The van der Waals surface area contributed by atoms with Gasteiger partial charge in [-0.1, -0.05) is 41.9 Å². The second-order valence-electron chi connectivity index (χ2n) is 6.17. The maximum absolute atomic E-state index is 12.5. The molecule has 8 nitrogen and oxygen atoms in total. The van der Waals surface area contributed by atoms with Gasteiger partial charge in [0.05, 0.1) is 19.2 Å². The summed E-state index contributed by atoms with van der Waals surface area (Å²) >= 11 is 5.99. The molecule has 1 aliphatic heterocycles. The molecule has 2 N–H and O–H groups in total. The summed E-state index contributed by atoms with van der Waals surface area (Å²) in [6.45, 7) is 0. The largest absolute Gasteiger partial charge is 0.495 e. The Bertz CT molecular complexity index is 1050. The first-order valence-electron chi connectivity index (χ1n) is 8.51. The number of methoxy groups -OCH3 is 1. The van der Waals surface area contributed by atoms with Crippen molar-refractivity contribution in [3.8, 4) is 17.1 Å². The van der Waals surface area contributed by atoms with Gasteiger partial charge in [0, 0.05) is 10.6 Å². The van der Waals surface area contributed by atoms with Crippen LogP contribution >= 0.6 is 11.6 Å². The van der Waals surface area contributed by atoms with Gasteiger partial charge in [0.1, 0.15) is 11.8 Å². The Morgan fingerprint density at radius 2 is 2.07 bits per heavy atom. The van der Waals surface area contributed by atoms with Crippen LogP contribution in [0.1, 0.15) is 12.5 Å². The van der Waals surface area contributed by atoms with Crippen molar-refractivity contribution in [1.29, 1.82) is 0 Å². The molecular weight excluding hydrogens is 382 g/mol. The molecule has 0 saturated carbocycles. The van der Waals surface area contributed by atoms with E-state index in [9.17, 15) is 9.59 Å². The molecule has 142 valence electrons. The van der Waals surface area contributed by atoms with Crippen LogP contribution in [0.5, 0.6) is 5.75 Å². The van der Waals surface area contributed by atoms with Gasteiger partial charge in [-0.3, -0.25) is 14.9 Å². The van der Waals surface area contributed by atoms with Crippen LogP contribution in [0.3, 0.4) is 0 Å². The van der Waals surface area contributed by atoms with E-state index in [1.54, 1.807) is 18.2 Å². The Hall–Kier alpha value is -3.39. The van der Waals surface area contributed by atoms with E-state index >= 15 is 0 Å². The number of hydrogen-bond acceptors (Lipinski definition) is 5. The average Bonchev–Trinajstić information content (AvgIpc) is 3.21. The van der Waals surface area contributed by atoms with E-state index in [0.29, 0.717) is 28.2 Å². The van der Waals surface area contributed by atoms with Crippen molar-refractivity contribution in [3.63, 3.8) is 0 Å². The first-order chi connectivity index (χ1) is 13.5. The summed E-state index contributed by atoms with van der Waals surface area (Å²) in [5, 5.41) is 10.2. The Kier molecular flexibility index (Phi) is 4.70. The lowest BCUT2D eigenvalue weighted by atomic mass is 10.2. The van der Waals surface area contributed by atoms with Crippen LogP contribution in [0.4, 0.5) is 11.6 Å². The first-order valence-corrected chi connectivity index (χ1v) is 8.89. The molecule has 4 rings (SSSR count). The topological polar surface area (TPSA) is 98.1 Å². The van der Waals surface area contributed by atoms with E-state index in [-0.39, 0.29) is 18.2 Å². The first kappa shape index (κ1) is 18.0. The fraction of sp³-hybridized carbons (Fsp3) is 0.158. The van der Waals surface area contributed by atoms with Gasteiger partial charge in [0.25, 0.3) is 5.91 Å². The van der Waals surface area contributed by atoms with E-state index in [4.69, 9.17) is 16.3 Å². The molecule has 1 atom stereocenters. The molecule has 0 fully saturated rings. The number of hydrogen-bond donors (Lipinski definition) is 2. The van der Waals surface area contributed by atoms with Crippen molar-refractivity contribution in [3.05, 3.63) is 53.6 Å². The van der Waals surface area contributed by atoms with Crippen molar-refractivity contribution < 1.29 is 14.3 Å². The third kappa shape index (κ3) is 3.41. The van der Waals surface area contributed by atoms with Crippen molar-refractivity contribution in [1.82, 2.24) is 14.8 Å². The summed E-state index contributed by atoms with van der Waals surface area (Å²) in [5.74, 6) is 0.578. The Labute approximate surface area is 165 Å². The minimum atomic E-state index is -0.787. The molecule has 1 aliphatic rings. The summed E-state index contributed by atoms with van der Waals surface area (Å²) in [5.41, 5.74) is 1.26. The van der Waals surface area contributed by atoms with Gasteiger partial charge < -0.3 is 10.1 Å². The number of aromatic nitrogens is 3. The summed E-state index contributed by atoms with van der Waals surface area (Å²) in [7, 11) is 1.50. The molecule has 9 heteroatoms. The zero-order valence-corrected chi connectivity index (χ0v) is 15.6. The molecule has 2 amide bonds. The van der Waals surface area contributed by atoms with Crippen LogP contribution in [0.15, 0.2) is 48.5 Å². The normalized spacial score (nSPS) is 15.1. The molecule has 0 bridgehead atoms. The quantitative estimate of drug-likeness (QED) is 0.689. The molecule has 28 heavy (non-hydrogen) atoms. The van der Waals surface area contributed by atoms with Crippen LogP contribution < -0.4 is 15.4 Å². The predicted molar refractivity (Wildman–Crippen MR) is 104 cm³/mol. The molecule has 0 saturated heterocycles. The van der Waals surface area contributed by atoms with Crippen molar-refractivity contribution >= 4 is 35.1 Å². The minimum Gasteiger partial charge on any atom is -0.495 e. The lowest BCUT2D eigenvalue weighted by Gasteiger charge is -2.12. The number of ether oxygens (including phenoxy) is 1. The van der Waals surface area contributed by atoms with Gasteiger partial charge in [-0.25, -0.2) is 4.68 Å². The fourth-order valence-electron chi connectivity index (χ4n) is 2.97. The van der Waals surface area contributed by atoms with Crippen LogP contribution in [0, 0.1) is 0 Å². The second-order valence-corrected chi connectivity index (χ2v) is 6.61. The van der Waals surface area contributed by atoms with E-state index in [0.717, 1.165) is 5.56 Å². The number of anilines is 2. The summed E-state index contributed by atoms with van der Waals surface area (Å²) in [6.07, 6.45) is -0.105. The molecule has 0 radical (unpaired) electrons. The van der Waals surface area contributed by atoms with Gasteiger partial charge in [-0.15, -0.1) is 5.10 Å². The average molecular weight is 398 g/mol. The SMILES string of the molecule is COc1ccc(Cl)cc1NC(=O)C[C@@H]1C(=O)Nc2nc(-c3ccccc3)nn21. The molecule has 0 aliphatic carbocycles. The third-order valence-electron chi connectivity index (χ3n) is 4.31. The summed E-state index contributed by atoms with van der Waals surface area (Å²) in [4.78, 5) is 29.1. The lowest BCUT2D eigenvalue weighted by Crippen LogP contribution is -2.24. The van der Waals surface area contributed by atoms with Crippen LogP contribution in [0.25, 0.3) is 11.4 Å². The van der Waals surface area contributed by atoms with Crippen molar-refractivity contribution in [2.45, 2.75) is 12.5 Å². The van der Waals surface area contributed by atoms with Crippen molar-refractivity contribution in [2.24, 2.45) is 0 Å². The van der Waals surface area contributed by atoms with E-state index in [1.807, 2.05) is 30.3 Å². The highest BCUT2D eigenvalue weighted by molar-refractivity contribution is 6.31. The Balaban J connectivity index is 1.53. The maximum Gasteiger partial charge on any atom is 0.252 e. The standard InChI is InChI=1S/C19H16ClN5O3/c1-28-15-8-7-12(20)9-13(15)21-16(26)10-14-18(27)23-19-22-17(24-25(14)19)11-5-3-2-4-6-11/h2-9,14H,10H2,1H3,(H,21,26)(H,22,23,24,27)/t14-/m1/s1. The molecule has 0 unspecified atom stereocenters. The molecule has 3 aromatic rings. The Morgan fingerprint density at radius 3 is 2.82 bits per heavy atom. The lowest BCUT2D eigenvalue weighted by molar-refractivity contribution is -0.123. The van der Waals surface area contributed by atoms with Crippen molar-refractivity contribution in [2.75, 3.05) is 17.7 Å². The van der Waals surface area contributed by atoms with Gasteiger partial charge in [0.15, 0.2) is 5.82 Å². The fourth-order valence-corrected chi connectivity index (χ4v) is 3.15. The number of nitrogens with zero attached hydrogens (tertiary/aromatic N) is 3. The monoisotopic (exact) mass is 397 g/mol. The highest BCUT2D eigenvalue weighted by atomic mass is 35.5. The smallest absolute Gasteiger partial charge is 0.252 e. The summed E-state index contributed by atoms with van der Waals surface area (Å²) in [6, 6.07) is 13.5.